The Labute approximate surface area is 82.7 Å². The maximum absolute atomic E-state index is 11.3. The van der Waals surface area contributed by atoms with Crippen molar-refractivity contribution in [2.45, 2.75) is 6.92 Å². The van der Waals surface area contributed by atoms with Crippen molar-refractivity contribution >= 4 is 18.5 Å². The molecule has 4 nitrogen and oxygen atoms in total. The molecule has 0 saturated heterocycles. The van der Waals surface area contributed by atoms with Crippen LogP contribution in [0.1, 0.15) is 17.3 Å². The average molecular weight is 193 g/mol. The van der Waals surface area contributed by atoms with Gasteiger partial charge in [-0.05, 0) is 24.5 Å². The molecule has 0 unspecified atom stereocenters. The lowest BCUT2D eigenvalue weighted by molar-refractivity contribution is 0.0956. The van der Waals surface area contributed by atoms with Gasteiger partial charge in [-0.3, -0.25) is 4.79 Å². The number of hydrogen-bond donors (Lipinski definition) is 3. The van der Waals surface area contributed by atoms with Crippen molar-refractivity contribution in [3.63, 3.8) is 0 Å². The molecule has 14 heavy (non-hydrogen) atoms. The van der Waals surface area contributed by atoms with E-state index in [1.54, 1.807) is 12.1 Å². The third-order valence-electron chi connectivity index (χ3n) is 1.81. The minimum atomic E-state index is -1.49. The summed E-state index contributed by atoms with van der Waals surface area (Å²) in [5.74, 6) is -0.161. The highest BCUT2D eigenvalue weighted by molar-refractivity contribution is 6.58. The molecule has 5 heteroatoms. The molecule has 0 aliphatic heterocycles. The number of benzene rings is 1. The third-order valence-corrected chi connectivity index (χ3v) is 1.81. The van der Waals surface area contributed by atoms with Gasteiger partial charge in [-0.2, -0.15) is 0 Å². The van der Waals surface area contributed by atoms with Crippen molar-refractivity contribution in [3.05, 3.63) is 29.8 Å². The van der Waals surface area contributed by atoms with Crippen molar-refractivity contribution < 1.29 is 14.8 Å². The molecule has 0 saturated carbocycles. The van der Waals surface area contributed by atoms with Gasteiger partial charge in [0.1, 0.15) is 0 Å². The molecule has 0 aromatic heterocycles. The second kappa shape index (κ2) is 4.78. The molecule has 0 fully saturated rings. The minimum absolute atomic E-state index is 0.161. The van der Waals surface area contributed by atoms with Crippen LogP contribution in [0.3, 0.4) is 0 Å². The van der Waals surface area contributed by atoms with Gasteiger partial charge in [0.05, 0.1) is 0 Å². The molecule has 1 aromatic rings. The van der Waals surface area contributed by atoms with E-state index >= 15 is 0 Å². The quantitative estimate of drug-likeness (QED) is 0.545. The molecule has 0 spiro atoms. The zero-order chi connectivity index (χ0) is 10.6. The summed E-state index contributed by atoms with van der Waals surface area (Å²) < 4.78 is 0. The Morgan fingerprint density at radius 2 is 1.93 bits per heavy atom. The zero-order valence-electron chi connectivity index (χ0n) is 7.90. The number of carbonyl (C=O) groups is 1. The summed E-state index contributed by atoms with van der Waals surface area (Å²) in [6.45, 7) is 2.41. The Kier molecular flexibility index (Phi) is 3.68. The van der Waals surface area contributed by atoms with Crippen molar-refractivity contribution in [2.24, 2.45) is 0 Å². The Morgan fingerprint density at radius 3 is 2.36 bits per heavy atom. The molecule has 3 N–H and O–H groups in total. The Morgan fingerprint density at radius 1 is 1.36 bits per heavy atom. The SMILES string of the molecule is CCNC(=O)c1ccc(B(O)O)cc1. The van der Waals surface area contributed by atoms with Crippen molar-refractivity contribution in [1.29, 1.82) is 0 Å². The fourth-order valence-corrected chi connectivity index (χ4v) is 1.07. The lowest BCUT2D eigenvalue weighted by atomic mass is 9.80. The lowest BCUT2D eigenvalue weighted by Gasteiger charge is -2.03. The summed E-state index contributed by atoms with van der Waals surface area (Å²) in [7, 11) is -1.49. The van der Waals surface area contributed by atoms with Crippen molar-refractivity contribution in [3.8, 4) is 0 Å². The topological polar surface area (TPSA) is 69.6 Å². The molecule has 1 aromatic carbocycles. The van der Waals surface area contributed by atoms with Crippen LogP contribution < -0.4 is 10.8 Å². The van der Waals surface area contributed by atoms with Gasteiger partial charge in [0, 0.05) is 12.1 Å². The van der Waals surface area contributed by atoms with E-state index in [2.05, 4.69) is 5.32 Å². The first-order valence-electron chi connectivity index (χ1n) is 4.39. The first-order chi connectivity index (χ1) is 6.65. The fraction of sp³-hybridized carbons (Fsp3) is 0.222. The van der Waals surface area contributed by atoms with E-state index in [1.807, 2.05) is 6.92 Å². The van der Waals surface area contributed by atoms with Crippen molar-refractivity contribution in [1.82, 2.24) is 5.32 Å². The number of rotatable bonds is 3. The molecular weight excluding hydrogens is 181 g/mol. The van der Waals surface area contributed by atoms with E-state index in [0.717, 1.165) is 0 Å². The standard InChI is InChI=1S/C9H12BNO3/c1-2-11-9(12)7-3-5-8(6-4-7)10(13)14/h3-6,13-14H,2H2,1H3,(H,11,12). The summed E-state index contributed by atoms with van der Waals surface area (Å²) in [6, 6.07) is 6.13. The number of amides is 1. The largest absolute Gasteiger partial charge is 0.488 e. The predicted octanol–water partition coefficient (Wildman–Crippen LogP) is -0.884. The molecule has 0 heterocycles. The highest BCUT2D eigenvalue weighted by atomic mass is 16.4. The summed E-state index contributed by atoms with van der Waals surface area (Å²) in [5, 5.41) is 20.3. The summed E-state index contributed by atoms with van der Waals surface area (Å²) in [6.07, 6.45) is 0. The highest BCUT2D eigenvalue weighted by Gasteiger charge is 2.11. The molecule has 0 aliphatic carbocycles. The average Bonchev–Trinajstić information content (AvgIpc) is 2.18. The normalized spacial score (nSPS) is 9.64. The van der Waals surface area contributed by atoms with Gasteiger partial charge >= 0.3 is 7.12 Å². The van der Waals surface area contributed by atoms with Crippen LogP contribution in [0.4, 0.5) is 0 Å². The lowest BCUT2D eigenvalue weighted by Crippen LogP contribution is -2.30. The number of hydrogen-bond acceptors (Lipinski definition) is 3. The van der Waals surface area contributed by atoms with E-state index in [-0.39, 0.29) is 5.91 Å². The van der Waals surface area contributed by atoms with Crippen molar-refractivity contribution in [2.75, 3.05) is 6.54 Å². The molecule has 1 rings (SSSR count). The summed E-state index contributed by atoms with van der Waals surface area (Å²) in [5.41, 5.74) is 0.884. The number of carbonyl (C=O) groups excluding carboxylic acids is 1. The van der Waals surface area contributed by atoms with Gasteiger partial charge in [0.25, 0.3) is 5.91 Å². The first-order valence-corrected chi connectivity index (χ1v) is 4.39. The first kappa shape index (κ1) is 10.8. The van der Waals surface area contributed by atoms with Gasteiger partial charge in [0.2, 0.25) is 0 Å². The molecule has 0 aliphatic rings. The molecule has 1 amide bonds. The van der Waals surface area contributed by atoms with E-state index in [1.165, 1.54) is 12.1 Å². The van der Waals surface area contributed by atoms with Gasteiger partial charge < -0.3 is 15.4 Å². The Hall–Kier alpha value is -1.33. The van der Waals surface area contributed by atoms with E-state index < -0.39 is 7.12 Å². The highest BCUT2D eigenvalue weighted by Crippen LogP contribution is 1.96. The Bertz CT molecular complexity index is 310. The molecule has 0 atom stereocenters. The third kappa shape index (κ3) is 2.58. The van der Waals surface area contributed by atoms with Crippen LogP contribution in [0.15, 0.2) is 24.3 Å². The van der Waals surface area contributed by atoms with Gasteiger partial charge in [-0.15, -0.1) is 0 Å². The van der Waals surface area contributed by atoms with Gasteiger partial charge in [0.15, 0.2) is 0 Å². The van der Waals surface area contributed by atoms with Crippen LogP contribution in [0.25, 0.3) is 0 Å². The van der Waals surface area contributed by atoms with Crippen LogP contribution in [-0.4, -0.2) is 29.6 Å². The van der Waals surface area contributed by atoms with Gasteiger partial charge in [-0.25, -0.2) is 0 Å². The smallest absolute Gasteiger partial charge is 0.423 e. The molecule has 0 radical (unpaired) electrons. The van der Waals surface area contributed by atoms with Crippen LogP contribution in [0.2, 0.25) is 0 Å². The van der Waals surface area contributed by atoms with Crippen LogP contribution in [0, 0.1) is 0 Å². The fourth-order valence-electron chi connectivity index (χ4n) is 1.07. The Balaban J connectivity index is 2.78. The minimum Gasteiger partial charge on any atom is -0.423 e. The predicted molar refractivity (Wildman–Crippen MR) is 54.3 cm³/mol. The van der Waals surface area contributed by atoms with Gasteiger partial charge in [-0.1, -0.05) is 12.1 Å². The van der Waals surface area contributed by atoms with E-state index in [9.17, 15) is 4.79 Å². The molecule has 74 valence electrons. The van der Waals surface area contributed by atoms with Crippen LogP contribution in [-0.2, 0) is 0 Å². The maximum Gasteiger partial charge on any atom is 0.488 e. The molecular formula is C9H12BNO3. The maximum atomic E-state index is 11.3. The van der Waals surface area contributed by atoms with Crippen LogP contribution >= 0.6 is 0 Å². The second-order valence-corrected chi connectivity index (χ2v) is 2.86. The number of nitrogens with one attached hydrogen (secondary N) is 1. The van der Waals surface area contributed by atoms with Crippen LogP contribution in [0.5, 0.6) is 0 Å². The van der Waals surface area contributed by atoms with E-state index in [4.69, 9.17) is 10.0 Å². The molecule has 0 bridgehead atoms. The zero-order valence-corrected chi connectivity index (χ0v) is 7.90. The summed E-state index contributed by atoms with van der Waals surface area (Å²) >= 11 is 0. The monoisotopic (exact) mass is 193 g/mol. The second-order valence-electron chi connectivity index (χ2n) is 2.86. The van der Waals surface area contributed by atoms with E-state index in [0.29, 0.717) is 17.6 Å². The summed E-state index contributed by atoms with van der Waals surface area (Å²) in [4.78, 5) is 11.3.